The van der Waals surface area contributed by atoms with Crippen molar-refractivity contribution < 1.29 is 9.53 Å². The van der Waals surface area contributed by atoms with Crippen molar-refractivity contribution >= 4 is 29.1 Å². The summed E-state index contributed by atoms with van der Waals surface area (Å²) in [5.74, 6) is -0.163. The second-order valence-corrected chi connectivity index (χ2v) is 5.35. The Morgan fingerprint density at radius 1 is 1.47 bits per heavy atom. The van der Waals surface area contributed by atoms with Gasteiger partial charge in [-0.05, 0) is 25.8 Å². The topological polar surface area (TPSA) is 55.3 Å². The van der Waals surface area contributed by atoms with Crippen molar-refractivity contribution in [2.24, 2.45) is 0 Å². The Hall–Kier alpha value is -0.910. The first-order valence-electron chi connectivity index (χ1n) is 6.05. The minimum absolute atomic E-state index is 0.0791. The molecule has 1 fully saturated rings. The van der Waals surface area contributed by atoms with Crippen LogP contribution in [0.5, 0.6) is 0 Å². The molecule has 1 aromatic rings. The Labute approximate surface area is 121 Å². The SMILES string of the molecule is COC1CCN(C(=O)c2cc(Cl)nnc2Cl)C(C)C1. The molecule has 0 radical (unpaired) electrons. The quantitative estimate of drug-likeness (QED) is 0.842. The number of carbonyl (C=O) groups is 1. The summed E-state index contributed by atoms with van der Waals surface area (Å²) in [4.78, 5) is 14.2. The molecule has 2 rings (SSSR count). The van der Waals surface area contributed by atoms with Gasteiger partial charge in [0.1, 0.15) is 0 Å². The number of piperidine rings is 1. The van der Waals surface area contributed by atoms with Gasteiger partial charge in [-0.1, -0.05) is 23.2 Å². The molecular weight excluding hydrogens is 289 g/mol. The molecule has 0 N–H and O–H groups in total. The molecule has 5 nitrogen and oxygen atoms in total. The van der Waals surface area contributed by atoms with Gasteiger partial charge in [-0.3, -0.25) is 4.79 Å². The van der Waals surface area contributed by atoms with Crippen molar-refractivity contribution in [3.8, 4) is 0 Å². The van der Waals surface area contributed by atoms with E-state index in [1.165, 1.54) is 6.07 Å². The predicted octanol–water partition coefficient (Wildman–Crippen LogP) is 2.42. The molecule has 0 aliphatic carbocycles. The lowest BCUT2D eigenvalue weighted by Crippen LogP contribution is -2.46. The molecule has 2 unspecified atom stereocenters. The van der Waals surface area contributed by atoms with Crippen LogP contribution in [0.1, 0.15) is 30.1 Å². The van der Waals surface area contributed by atoms with E-state index in [2.05, 4.69) is 10.2 Å². The molecule has 19 heavy (non-hydrogen) atoms. The van der Waals surface area contributed by atoms with Crippen molar-refractivity contribution in [2.45, 2.75) is 31.9 Å². The molecule has 0 bridgehead atoms. The first kappa shape index (κ1) is 14.5. The van der Waals surface area contributed by atoms with Crippen LogP contribution < -0.4 is 0 Å². The number of aromatic nitrogens is 2. The summed E-state index contributed by atoms with van der Waals surface area (Å²) in [6, 6.07) is 1.54. The molecule has 1 aromatic heterocycles. The summed E-state index contributed by atoms with van der Waals surface area (Å²) in [6.45, 7) is 2.63. The number of ether oxygens (including phenoxy) is 1. The van der Waals surface area contributed by atoms with Crippen molar-refractivity contribution in [1.29, 1.82) is 0 Å². The zero-order valence-electron chi connectivity index (χ0n) is 10.8. The van der Waals surface area contributed by atoms with Crippen LogP contribution in [0.3, 0.4) is 0 Å². The zero-order chi connectivity index (χ0) is 14.0. The maximum Gasteiger partial charge on any atom is 0.257 e. The number of likely N-dealkylation sites (tertiary alicyclic amines) is 1. The second-order valence-electron chi connectivity index (χ2n) is 4.60. The Morgan fingerprint density at radius 2 is 2.21 bits per heavy atom. The fourth-order valence-corrected chi connectivity index (χ4v) is 2.62. The Kier molecular flexibility index (Phi) is 4.60. The molecule has 7 heteroatoms. The van der Waals surface area contributed by atoms with Crippen LogP contribution in [-0.4, -0.2) is 46.8 Å². The molecule has 1 amide bonds. The monoisotopic (exact) mass is 303 g/mol. The molecule has 0 aromatic carbocycles. The van der Waals surface area contributed by atoms with Gasteiger partial charge in [0.2, 0.25) is 0 Å². The predicted molar refractivity (Wildman–Crippen MR) is 72.6 cm³/mol. The average Bonchev–Trinajstić information content (AvgIpc) is 2.40. The number of hydrogen-bond acceptors (Lipinski definition) is 4. The highest BCUT2D eigenvalue weighted by atomic mass is 35.5. The number of methoxy groups -OCH3 is 1. The lowest BCUT2D eigenvalue weighted by molar-refractivity contribution is 0.0160. The van der Waals surface area contributed by atoms with E-state index in [0.29, 0.717) is 12.1 Å². The summed E-state index contributed by atoms with van der Waals surface area (Å²) in [5.41, 5.74) is 0.296. The van der Waals surface area contributed by atoms with E-state index in [1.54, 1.807) is 12.0 Å². The van der Waals surface area contributed by atoms with Gasteiger partial charge in [0.15, 0.2) is 10.3 Å². The third-order valence-electron chi connectivity index (χ3n) is 3.37. The van der Waals surface area contributed by atoms with E-state index < -0.39 is 0 Å². The van der Waals surface area contributed by atoms with Crippen LogP contribution in [0.2, 0.25) is 10.3 Å². The number of amides is 1. The number of rotatable bonds is 2. The van der Waals surface area contributed by atoms with Gasteiger partial charge in [-0.2, -0.15) is 0 Å². The molecule has 0 saturated carbocycles. The van der Waals surface area contributed by atoms with Crippen molar-refractivity contribution in [3.63, 3.8) is 0 Å². The second kappa shape index (κ2) is 6.03. The molecule has 2 atom stereocenters. The Balaban J connectivity index is 2.18. The van der Waals surface area contributed by atoms with Crippen LogP contribution in [0, 0.1) is 0 Å². The fraction of sp³-hybridized carbons (Fsp3) is 0.583. The third kappa shape index (κ3) is 3.16. The summed E-state index contributed by atoms with van der Waals surface area (Å²) in [6.07, 6.45) is 1.83. The molecular formula is C12H15Cl2N3O2. The first-order chi connectivity index (χ1) is 9.02. The number of nitrogens with zero attached hydrogens (tertiary/aromatic N) is 3. The van der Waals surface area contributed by atoms with E-state index in [4.69, 9.17) is 27.9 Å². The molecule has 1 aliphatic heterocycles. The van der Waals surface area contributed by atoms with E-state index in [-0.39, 0.29) is 28.4 Å². The minimum atomic E-state index is -0.163. The van der Waals surface area contributed by atoms with Crippen LogP contribution in [0.25, 0.3) is 0 Å². The Morgan fingerprint density at radius 3 is 2.84 bits per heavy atom. The van der Waals surface area contributed by atoms with Gasteiger partial charge in [0, 0.05) is 19.7 Å². The van der Waals surface area contributed by atoms with Gasteiger partial charge in [-0.15, -0.1) is 10.2 Å². The third-order valence-corrected chi connectivity index (χ3v) is 3.84. The van der Waals surface area contributed by atoms with Gasteiger partial charge >= 0.3 is 0 Å². The normalized spacial score (nSPS) is 23.5. The Bertz CT molecular complexity index is 484. The van der Waals surface area contributed by atoms with E-state index in [9.17, 15) is 4.79 Å². The number of hydrogen-bond donors (Lipinski definition) is 0. The summed E-state index contributed by atoms with van der Waals surface area (Å²) < 4.78 is 5.33. The van der Waals surface area contributed by atoms with E-state index in [1.807, 2.05) is 6.92 Å². The maximum absolute atomic E-state index is 12.5. The van der Waals surface area contributed by atoms with E-state index in [0.717, 1.165) is 12.8 Å². The van der Waals surface area contributed by atoms with Gasteiger partial charge < -0.3 is 9.64 Å². The minimum Gasteiger partial charge on any atom is -0.381 e. The molecule has 104 valence electrons. The molecule has 0 spiro atoms. The van der Waals surface area contributed by atoms with Crippen LogP contribution in [-0.2, 0) is 4.74 Å². The van der Waals surface area contributed by atoms with E-state index >= 15 is 0 Å². The number of carbonyl (C=O) groups excluding carboxylic acids is 1. The van der Waals surface area contributed by atoms with Crippen LogP contribution >= 0.6 is 23.2 Å². The highest BCUT2D eigenvalue weighted by molar-refractivity contribution is 6.34. The maximum atomic E-state index is 12.5. The van der Waals surface area contributed by atoms with Gasteiger partial charge in [0.05, 0.1) is 11.7 Å². The van der Waals surface area contributed by atoms with Crippen molar-refractivity contribution in [1.82, 2.24) is 15.1 Å². The largest absolute Gasteiger partial charge is 0.381 e. The van der Waals surface area contributed by atoms with Gasteiger partial charge in [0.25, 0.3) is 5.91 Å². The van der Waals surface area contributed by atoms with Crippen LogP contribution in [0.15, 0.2) is 6.07 Å². The molecule has 1 saturated heterocycles. The molecule has 1 aliphatic rings. The highest BCUT2D eigenvalue weighted by Crippen LogP contribution is 2.24. The fourth-order valence-electron chi connectivity index (χ4n) is 2.30. The lowest BCUT2D eigenvalue weighted by atomic mass is 10.00. The number of halogens is 2. The summed E-state index contributed by atoms with van der Waals surface area (Å²) in [5, 5.41) is 7.50. The zero-order valence-corrected chi connectivity index (χ0v) is 12.3. The standard InChI is InChI=1S/C12H15Cl2N3O2/c1-7-5-8(19-2)3-4-17(7)12(18)9-6-10(13)15-16-11(9)14/h6-8H,3-5H2,1-2H3. The molecule has 2 heterocycles. The van der Waals surface area contributed by atoms with Crippen LogP contribution in [0.4, 0.5) is 0 Å². The lowest BCUT2D eigenvalue weighted by Gasteiger charge is -2.37. The highest BCUT2D eigenvalue weighted by Gasteiger charge is 2.30. The first-order valence-corrected chi connectivity index (χ1v) is 6.81. The van der Waals surface area contributed by atoms with Crippen molar-refractivity contribution in [2.75, 3.05) is 13.7 Å². The van der Waals surface area contributed by atoms with Crippen molar-refractivity contribution in [3.05, 3.63) is 21.9 Å². The summed E-state index contributed by atoms with van der Waals surface area (Å²) >= 11 is 11.7. The smallest absolute Gasteiger partial charge is 0.257 e. The summed E-state index contributed by atoms with van der Waals surface area (Å²) in [7, 11) is 1.69. The van der Waals surface area contributed by atoms with Gasteiger partial charge in [-0.25, -0.2) is 0 Å². The average molecular weight is 304 g/mol.